The molecule has 2 N–H and O–H groups in total. The van der Waals surface area contributed by atoms with Gasteiger partial charge in [0.25, 0.3) is 5.69 Å². The summed E-state index contributed by atoms with van der Waals surface area (Å²) in [6, 6.07) is 9.59. The molecular formula is C20H15N5O4S. The van der Waals surface area contributed by atoms with Crippen molar-refractivity contribution in [1.29, 1.82) is 0 Å². The molecule has 4 rings (SSSR count). The second-order valence-corrected chi connectivity index (χ2v) is 7.18. The van der Waals surface area contributed by atoms with Crippen LogP contribution >= 0.6 is 11.3 Å². The van der Waals surface area contributed by atoms with E-state index < -0.39 is 10.9 Å². The minimum absolute atomic E-state index is 0.0795. The van der Waals surface area contributed by atoms with Crippen molar-refractivity contribution in [1.82, 2.24) is 15.0 Å². The molecule has 0 saturated carbocycles. The Balaban J connectivity index is 2.02. The number of nitrogens with zero attached hydrogens (tertiary/aromatic N) is 4. The highest BCUT2D eigenvalue weighted by Crippen LogP contribution is 2.40. The predicted molar refractivity (Wildman–Crippen MR) is 113 cm³/mol. The minimum Gasteiger partial charge on any atom is -0.462 e. The number of carbonyl (C=O) groups excluding carboxylic acids is 1. The van der Waals surface area contributed by atoms with Crippen molar-refractivity contribution < 1.29 is 14.5 Å². The Kier molecular flexibility index (Phi) is 5.07. The van der Waals surface area contributed by atoms with Crippen molar-refractivity contribution in [3.05, 3.63) is 63.8 Å². The summed E-state index contributed by atoms with van der Waals surface area (Å²) in [6.45, 7) is 1.91. The van der Waals surface area contributed by atoms with Gasteiger partial charge in [0.2, 0.25) is 0 Å². The molecule has 10 heteroatoms. The summed E-state index contributed by atoms with van der Waals surface area (Å²) in [5.41, 5.74) is 8.00. The topological polar surface area (TPSA) is 134 Å². The zero-order valence-electron chi connectivity index (χ0n) is 15.7. The molecule has 0 saturated heterocycles. The first kappa shape index (κ1) is 19.4. The summed E-state index contributed by atoms with van der Waals surface area (Å²) in [4.78, 5) is 37.0. The van der Waals surface area contributed by atoms with Crippen molar-refractivity contribution in [3.8, 4) is 22.6 Å². The summed E-state index contributed by atoms with van der Waals surface area (Å²) in [6.07, 6.45) is 3.23. The first-order valence-corrected chi connectivity index (χ1v) is 9.73. The number of nitrogens with two attached hydrogens (primary N) is 1. The number of fused-ring (bicyclic) bond motifs is 1. The van der Waals surface area contributed by atoms with Gasteiger partial charge in [0.15, 0.2) is 5.82 Å². The van der Waals surface area contributed by atoms with Gasteiger partial charge in [-0.15, -0.1) is 11.3 Å². The largest absolute Gasteiger partial charge is 0.462 e. The third-order valence-electron chi connectivity index (χ3n) is 4.32. The molecule has 0 aliphatic heterocycles. The van der Waals surface area contributed by atoms with E-state index >= 15 is 0 Å². The van der Waals surface area contributed by atoms with Crippen molar-refractivity contribution in [2.75, 3.05) is 12.3 Å². The van der Waals surface area contributed by atoms with Gasteiger partial charge in [-0.1, -0.05) is 12.1 Å². The smallest absolute Gasteiger partial charge is 0.350 e. The lowest BCUT2D eigenvalue weighted by atomic mass is 10.1. The number of nitrogen functional groups attached to an aromatic ring is 1. The van der Waals surface area contributed by atoms with Crippen molar-refractivity contribution in [2.24, 2.45) is 0 Å². The number of carbonyl (C=O) groups is 1. The maximum atomic E-state index is 12.3. The van der Waals surface area contributed by atoms with Crippen LogP contribution in [0.2, 0.25) is 0 Å². The molecule has 0 aliphatic carbocycles. The lowest BCUT2D eigenvalue weighted by Gasteiger charge is -2.07. The number of aromatic nitrogens is 3. The summed E-state index contributed by atoms with van der Waals surface area (Å²) in [5, 5.41) is 11.7. The number of hydrogen-bond acceptors (Lipinski definition) is 9. The molecule has 1 aromatic carbocycles. The van der Waals surface area contributed by atoms with Gasteiger partial charge in [0, 0.05) is 35.7 Å². The van der Waals surface area contributed by atoms with Crippen LogP contribution in [0.4, 0.5) is 11.4 Å². The molecule has 150 valence electrons. The fourth-order valence-electron chi connectivity index (χ4n) is 2.98. The average Bonchev–Trinajstić information content (AvgIpc) is 3.10. The van der Waals surface area contributed by atoms with E-state index in [9.17, 15) is 14.9 Å². The Bertz CT molecular complexity index is 1270. The van der Waals surface area contributed by atoms with Crippen LogP contribution < -0.4 is 5.73 Å². The van der Waals surface area contributed by atoms with Crippen molar-refractivity contribution >= 4 is 38.9 Å². The fraction of sp³-hybridized carbons (Fsp3) is 0.100. The quantitative estimate of drug-likeness (QED) is 0.289. The third-order valence-corrected chi connectivity index (χ3v) is 5.40. The Morgan fingerprint density at radius 3 is 2.67 bits per heavy atom. The number of thiophene rings is 1. The van der Waals surface area contributed by atoms with E-state index in [1.54, 1.807) is 43.6 Å². The Morgan fingerprint density at radius 2 is 1.97 bits per heavy atom. The van der Waals surface area contributed by atoms with E-state index in [1.165, 1.54) is 12.1 Å². The maximum Gasteiger partial charge on any atom is 0.350 e. The summed E-state index contributed by atoms with van der Waals surface area (Å²) in [5.74, 6) is -0.156. The van der Waals surface area contributed by atoms with Crippen LogP contribution in [0.15, 0.2) is 48.8 Å². The zero-order valence-corrected chi connectivity index (χ0v) is 16.5. The van der Waals surface area contributed by atoms with Gasteiger partial charge in [-0.2, -0.15) is 0 Å². The highest BCUT2D eigenvalue weighted by atomic mass is 32.1. The minimum atomic E-state index is -0.548. The van der Waals surface area contributed by atoms with Crippen LogP contribution in [0.5, 0.6) is 0 Å². The van der Waals surface area contributed by atoms with E-state index in [0.29, 0.717) is 32.9 Å². The molecule has 0 radical (unpaired) electrons. The zero-order chi connectivity index (χ0) is 21.3. The number of nitro benzene ring substituents is 1. The highest BCUT2D eigenvalue weighted by molar-refractivity contribution is 7.21. The van der Waals surface area contributed by atoms with Crippen LogP contribution in [0.1, 0.15) is 16.6 Å². The first-order valence-electron chi connectivity index (χ1n) is 8.92. The molecule has 0 aliphatic rings. The summed E-state index contributed by atoms with van der Waals surface area (Å²) >= 11 is 1.10. The molecule has 3 aromatic heterocycles. The van der Waals surface area contributed by atoms with Crippen molar-refractivity contribution in [3.63, 3.8) is 0 Å². The second kappa shape index (κ2) is 7.84. The SMILES string of the molecule is CCOC(=O)c1sc2nc(-c3ccncc3)nc(-c3cccc([N+](=O)[O-])c3)c2c1N. The van der Waals surface area contributed by atoms with E-state index in [4.69, 9.17) is 10.5 Å². The van der Waals surface area contributed by atoms with E-state index in [1.807, 2.05) is 0 Å². The molecule has 0 unspecified atom stereocenters. The van der Waals surface area contributed by atoms with Crippen molar-refractivity contribution in [2.45, 2.75) is 6.92 Å². The number of anilines is 1. The second-order valence-electron chi connectivity index (χ2n) is 6.18. The van der Waals surface area contributed by atoms with Crippen LogP contribution in [0.3, 0.4) is 0 Å². The van der Waals surface area contributed by atoms with Gasteiger partial charge in [-0.25, -0.2) is 14.8 Å². The van der Waals surface area contributed by atoms with Gasteiger partial charge in [0.05, 0.1) is 28.3 Å². The van der Waals surface area contributed by atoms with Crippen LogP contribution in [-0.2, 0) is 4.74 Å². The van der Waals surface area contributed by atoms with Gasteiger partial charge in [-0.05, 0) is 19.1 Å². The van der Waals surface area contributed by atoms with E-state index in [-0.39, 0.29) is 22.9 Å². The van der Waals surface area contributed by atoms with Gasteiger partial charge < -0.3 is 10.5 Å². The van der Waals surface area contributed by atoms with Crippen LogP contribution in [-0.4, -0.2) is 32.5 Å². The standard InChI is InChI=1S/C20H15N5O4S/c1-2-29-20(26)17-15(21)14-16(12-4-3-5-13(10-12)25(27)28)23-18(24-19(14)30-17)11-6-8-22-9-7-11/h3-10H,2,21H2,1H3. The number of hydrogen-bond donors (Lipinski definition) is 1. The summed E-state index contributed by atoms with van der Waals surface area (Å²) in [7, 11) is 0. The molecular weight excluding hydrogens is 406 g/mol. The number of non-ortho nitro benzene ring substituents is 1. The summed E-state index contributed by atoms with van der Waals surface area (Å²) < 4.78 is 5.10. The Labute approximate surface area is 174 Å². The monoisotopic (exact) mass is 421 g/mol. The maximum absolute atomic E-state index is 12.3. The van der Waals surface area contributed by atoms with Gasteiger partial charge in [0.1, 0.15) is 9.71 Å². The number of nitro groups is 1. The molecule has 0 amide bonds. The fourth-order valence-corrected chi connectivity index (χ4v) is 3.96. The molecule has 30 heavy (non-hydrogen) atoms. The molecule has 0 spiro atoms. The molecule has 9 nitrogen and oxygen atoms in total. The molecule has 3 heterocycles. The average molecular weight is 421 g/mol. The highest BCUT2D eigenvalue weighted by Gasteiger charge is 2.24. The first-order chi connectivity index (χ1) is 14.5. The molecule has 4 aromatic rings. The number of esters is 1. The van der Waals surface area contributed by atoms with E-state index in [0.717, 1.165) is 11.3 Å². The Morgan fingerprint density at radius 1 is 1.20 bits per heavy atom. The van der Waals surface area contributed by atoms with Gasteiger partial charge >= 0.3 is 5.97 Å². The lowest BCUT2D eigenvalue weighted by molar-refractivity contribution is -0.384. The molecule has 0 fully saturated rings. The third kappa shape index (κ3) is 3.44. The van der Waals surface area contributed by atoms with Crippen LogP contribution in [0.25, 0.3) is 32.9 Å². The van der Waals surface area contributed by atoms with Gasteiger partial charge in [-0.3, -0.25) is 15.1 Å². The Hall–Kier alpha value is -3.92. The molecule has 0 atom stereocenters. The normalized spacial score (nSPS) is 10.8. The van der Waals surface area contributed by atoms with E-state index in [2.05, 4.69) is 15.0 Å². The molecule has 0 bridgehead atoms. The lowest BCUT2D eigenvalue weighted by Crippen LogP contribution is -2.05. The number of benzene rings is 1. The van der Waals surface area contributed by atoms with Crippen LogP contribution in [0, 0.1) is 10.1 Å². The number of rotatable bonds is 5. The number of pyridine rings is 1. The number of ether oxygens (including phenoxy) is 1. The predicted octanol–water partition coefficient (Wildman–Crippen LogP) is 4.09.